The molecule has 0 amide bonds. The molecule has 0 N–H and O–H groups in total. The van der Waals surface area contributed by atoms with Crippen LogP contribution in [0.25, 0.3) is 26.9 Å². The third-order valence-corrected chi connectivity index (χ3v) is 6.88. The standard InChI is InChI=1S/C27H38N3S.HI/c1-6-7-8-9-10-11-12-13-14-15-21-18-24-27(20-25(21)30(4)5)31-26-19-22(29(2)3)16-17-23(26)28-24;/h14-20H,6-13H2,1-5H3;1H/q+1;/p-1/b15-14+;. The molecule has 0 radical (unpaired) electrons. The Morgan fingerprint density at radius 2 is 1.69 bits per heavy atom. The first-order valence-corrected chi connectivity index (χ1v) is 12.5. The van der Waals surface area contributed by atoms with Crippen LogP contribution in [0.15, 0.2) is 36.4 Å². The number of allylic oxidation sites excluding steroid dienone is 1. The Morgan fingerprint density at radius 1 is 0.969 bits per heavy atom. The first-order chi connectivity index (χ1) is 15.0. The molecule has 1 aromatic rings. The molecule has 3 nitrogen and oxygen atoms in total. The minimum atomic E-state index is 0. The van der Waals surface area contributed by atoms with E-state index in [9.17, 15) is 0 Å². The summed E-state index contributed by atoms with van der Waals surface area (Å²) >= 11 is 1.83. The molecule has 32 heavy (non-hydrogen) atoms. The number of benzene rings is 2. The van der Waals surface area contributed by atoms with E-state index >= 15 is 0 Å². The monoisotopic (exact) mass is 563 g/mol. The minimum Gasteiger partial charge on any atom is -1.00 e. The zero-order valence-corrected chi connectivity index (χ0v) is 23.3. The van der Waals surface area contributed by atoms with E-state index in [0.29, 0.717) is 0 Å². The van der Waals surface area contributed by atoms with Gasteiger partial charge >= 0.3 is 0 Å². The zero-order chi connectivity index (χ0) is 22.2. The highest BCUT2D eigenvalue weighted by atomic mass is 127. The molecule has 0 fully saturated rings. The van der Waals surface area contributed by atoms with Gasteiger partial charge in [0.25, 0.3) is 0 Å². The Balaban J connectivity index is 0.00000363. The fraction of sp³-hybridized carbons (Fsp3) is 0.481. The number of nitrogens with zero attached hydrogens (tertiary/aromatic N) is 3. The van der Waals surface area contributed by atoms with Crippen LogP contribution in [0.3, 0.4) is 0 Å². The maximum absolute atomic E-state index is 4.97. The van der Waals surface area contributed by atoms with E-state index in [-0.39, 0.29) is 24.0 Å². The molecule has 1 aliphatic carbocycles. The highest BCUT2D eigenvalue weighted by Gasteiger charge is 2.13. The van der Waals surface area contributed by atoms with Crippen molar-refractivity contribution in [2.24, 2.45) is 0 Å². The fourth-order valence-electron chi connectivity index (χ4n) is 3.90. The van der Waals surface area contributed by atoms with Gasteiger partial charge in [-0.2, -0.15) is 0 Å². The number of halogens is 1. The molecule has 0 saturated heterocycles. The highest BCUT2D eigenvalue weighted by Crippen LogP contribution is 2.32. The second-order valence-electron chi connectivity index (χ2n) is 8.85. The lowest BCUT2D eigenvalue weighted by atomic mass is 10.1. The topological polar surface area (TPSA) is 19.1 Å². The third kappa shape index (κ3) is 7.27. The molecule has 1 aromatic carbocycles. The normalized spacial score (nSPS) is 11.3. The summed E-state index contributed by atoms with van der Waals surface area (Å²) < 4.78 is 3.44. The number of hydrogen-bond acceptors (Lipinski definition) is 3. The van der Waals surface area contributed by atoms with Gasteiger partial charge in [-0.1, -0.05) is 57.6 Å². The van der Waals surface area contributed by atoms with Crippen LogP contribution >= 0.6 is 11.3 Å². The van der Waals surface area contributed by atoms with Gasteiger partial charge in [-0.05, 0) is 37.1 Å². The van der Waals surface area contributed by atoms with Crippen LogP contribution in [0.2, 0.25) is 0 Å². The van der Waals surface area contributed by atoms with Gasteiger partial charge in [0.05, 0.1) is 20.8 Å². The van der Waals surface area contributed by atoms with E-state index in [1.165, 1.54) is 71.1 Å². The zero-order valence-electron chi connectivity index (χ0n) is 20.3. The average molecular weight is 564 g/mol. The summed E-state index contributed by atoms with van der Waals surface area (Å²) in [7, 11) is 8.40. The lowest BCUT2D eigenvalue weighted by Gasteiger charge is -2.13. The van der Waals surface area contributed by atoms with Crippen LogP contribution in [0, 0.1) is 0 Å². The number of aromatic nitrogens is 1. The van der Waals surface area contributed by atoms with Crippen molar-refractivity contribution in [1.29, 1.82) is 0 Å². The van der Waals surface area contributed by atoms with E-state index < -0.39 is 0 Å². The maximum Gasteiger partial charge on any atom is 0.208 e. The molecule has 0 bridgehead atoms. The number of fused-ring (bicyclic) bond motifs is 2. The first-order valence-electron chi connectivity index (χ1n) is 11.7. The fourth-order valence-corrected chi connectivity index (χ4v) is 4.91. The SMILES string of the molecule is CCCCCCCCC/C=C/c1cc2nc3ccc(N(C)C)cc3sc-2cc1=[N+](C)C.[I-]. The number of hydrogen-bond donors (Lipinski definition) is 0. The van der Waals surface area contributed by atoms with Crippen LogP contribution in [-0.2, 0) is 0 Å². The minimum absolute atomic E-state index is 0. The molecule has 0 aromatic heterocycles. The maximum atomic E-state index is 4.97. The summed E-state index contributed by atoms with van der Waals surface area (Å²) in [4.78, 5) is 8.34. The average Bonchev–Trinajstić information content (AvgIpc) is 2.75. The van der Waals surface area contributed by atoms with Crippen LogP contribution in [0.4, 0.5) is 5.69 Å². The van der Waals surface area contributed by atoms with Gasteiger partial charge in [-0.25, -0.2) is 9.56 Å². The molecular weight excluding hydrogens is 525 g/mol. The smallest absolute Gasteiger partial charge is 0.208 e. The van der Waals surface area contributed by atoms with Crippen molar-refractivity contribution in [3.8, 4) is 10.6 Å². The van der Waals surface area contributed by atoms with Gasteiger partial charge in [0.1, 0.15) is 14.1 Å². The molecule has 2 aliphatic rings. The van der Waals surface area contributed by atoms with Crippen molar-refractivity contribution in [3.05, 3.63) is 47.3 Å². The second kappa shape index (κ2) is 13.3. The molecule has 5 heteroatoms. The van der Waals surface area contributed by atoms with Gasteiger partial charge in [-0.3, -0.25) is 0 Å². The van der Waals surface area contributed by atoms with E-state index in [2.05, 4.69) is 87.1 Å². The van der Waals surface area contributed by atoms with Crippen LogP contribution < -0.4 is 38.8 Å². The number of anilines is 1. The Bertz CT molecular complexity index is 1060. The van der Waals surface area contributed by atoms with E-state index in [0.717, 1.165) is 17.6 Å². The summed E-state index contributed by atoms with van der Waals surface area (Å²) in [6.07, 6.45) is 15.3. The lowest BCUT2D eigenvalue weighted by molar-refractivity contribution is -0.00000648. The summed E-state index contributed by atoms with van der Waals surface area (Å²) in [5, 5.41) is 1.25. The highest BCUT2D eigenvalue weighted by molar-refractivity contribution is 7.21. The summed E-state index contributed by atoms with van der Waals surface area (Å²) in [6, 6.07) is 11.1. The van der Waals surface area contributed by atoms with E-state index in [1.807, 2.05) is 11.3 Å². The first kappa shape index (κ1) is 26.8. The summed E-state index contributed by atoms with van der Waals surface area (Å²) in [6.45, 7) is 2.28. The molecule has 1 heterocycles. The van der Waals surface area contributed by atoms with E-state index in [1.54, 1.807) is 0 Å². The molecule has 0 unspecified atom stereocenters. The van der Waals surface area contributed by atoms with Gasteiger partial charge in [0, 0.05) is 31.4 Å². The quantitative estimate of drug-likeness (QED) is 0.162. The predicted molar refractivity (Wildman–Crippen MR) is 139 cm³/mol. The van der Waals surface area contributed by atoms with Crippen molar-refractivity contribution in [3.63, 3.8) is 0 Å². The van der Waals surface area contributed by atoms with Crippen LogP contribution in [0.5, 0.6) is 0 Å². The van der Waals surface area contributed by atoms with Gasteiger partial charge in [0.2, 0.25) is 5.36 Å². The van der Waals surface area contributed by atoms with Gasteiger partial charge < -0.3 is 28.9 Å². The molecule has 0 atom stereocenters. The molecule has 0 spiro atoms. The molecule has 1 aliphatic heterocycles. The number of unbranched alkanes of at least 4 members (excludes halogenated alkanes) is 7. The Kier molecular flexibility index (Phi) is 11.1. The van der Waals surface area contributed by atoms with Crippen molar-refractivity contribution >= 4 is 33.3 Å². The number of rotatable bonds is 10. The largest absolute Gasteiger partial charge is 1.00 e. The van der Waals surface area contributed by atoms with E-state index in [4.69, 9.17) is 4.98 Å². The van der Waals surface area contributed by atoms with Crippen LogP contribution in [0.1, 0.15) is 63.9 Å². The molecular formula is C27H38IN3S. The predicted octanol–water partition coefficient (Wildman–Crippen LogP) is 3.66. The van der Waals surface area contributed by atoms with Crippen LogP contribution in [-0.4, -0.2) is 33.2 Å². The molecule has 0 saturated carbocycles. The summed E-state index contributed by atoms with van der Waals surface area (Å²) in [5.41, 5.74) is 4.61. The Morgan fingerprint density at radius 3 is 2.38 bits per heavy atom. The Hall–Kier alpha value is -1.47. The van der Waals surface area contributed by atoms with Gasteiger partial charge in [-0.15, -0.1) is 11.3 Å². The molecule has 174 valence electrons. The van der Waals surface area contributed by atoms with Crippen molar-refractivity contribution < 1.29 is 24.0 Å². The third-order valence-electron chi connectivity index (χ3n) is 5.78. The molecule has 3 rings (SSSR count). The summed E-state index contributed by atoms with van der Waals surface area (Å²) in [5.74, 6) is 0. The lowest BCUT2D eigenvalue weighted by Crippen LogP contribution is -3.00. The van der Waals surface area contributed by atoms with Crippen molar-refractivity contribution in [2.75, 3.05) is 33.1 Å². The van der Waals surface area contributed by atoms with Gasteiger partial charge in [0.15, 0.2) is 0 Å². The van der Waals surface area contributed by atoms with Crippen molar-refractivity contribution in [2.45, 2.75) is 58.3 Å². The second-order valence-corrected chi connectivity index (χ2v) is 9.93. The van der Waals surface area contributed by atoms with Crippen molar-refractivity contribution in [1.82, 2.24) is 9.56 Å². The Labute approximate surface area is 215 Å².